The van der Waals surface area contributed by atoms with Crippen LogP contribution in [0.3, 0.4) is 0 Å². The summed E-state index contributed by atoms with van der Waals surface area (Å²) in [6, 6.07) is 20.9. The standard InChI is InChI=1S/C15H14S3/c16-15(17-11-13-7-3-1-4-8-13)18-12-14-9-5-2-6-10-14/h1-10H,11-12H2. The van der Waals surface area contributed by atoms with Crippen LogP contribution in [0.1, 0.15) is 11.1 Å². The van der Waals surface area contributed by atoms with Crippen molar-refractivity contribution in [3.8, 4) is 0 Å². The van der Waals surface area contributed by atoms with Crippen molar-refractivity contribution in [1.82, 2.24) is 0 Å². The summed E-state index contributed by atoms with van der Waals surface area (Å²) in [5, 5.41) is 0. The highest BCUT2D eigenvalue weighted by Crippen LogP contribution is 2.24. The largest absolute Gasteiger partial charge is 0.104 e. The second-order valence-corrected chi connectivity index (χ2v) is 6.95. The predicted molar refractivity (Wildman–Crippen MR) is 88.1 cm³/mol. The summed E-state index contributed by atoms with van der Waals surface area (Å²) in [5.74, 6) is 1.92. The maximum absolute atomic E-state index is 5.38. The Hall–Kier alpha value is -0.770. The van der Waals surface area contributed by atoms with Crippen LogP contribution in [0.4, 0.5) is 0 Å². The molecule has 2 rings (SSSR count). The predicted octanol–water partition coefficient (Wildman–Crippen LogP) is 5.14. The fraction of sp³-hybridized carbons (Fsp3) is 0.133. The molecule has 2 aromatic rings. The van der Waals surface area contributed by atoms with Crippen LogP contribution in [0, 0.1) is 0 Å². The van der Waals surface area contributed by atoms with Gasteiger partial charge in [-0.2, -0.15) is 0 Å². The minimum Gasteiger partial charge on any atom is -0.103 e. The van der Waals surface area contributed by atoms with E-state index in [1.54, 1.807) is 23.5 Å². The van der Waals surface area contributed by atoms with Gasteiger partial charge in [0.25, 0.3) is 0 Å². The van der Waals surface area contributed by atoms with Crippen LogP contribution < -0.4 is 0 Å². The maximum atomic E-state index is 5.38. The van der Waals surface area contributed by atoms with Gasteiger partial charge in [-0.15, -0.1) is 23.5 Å². The monoisotopic (exact) mass is 290 g/mol. The van der Waals surface area contributed by atoms with Crippen molar-refractivity contribution >= 4 is 39.3 Å². The molecule has 18 heavy (non-hydrogen) atoms. The molecule has 2 aromatic carbocycles. The van der Waals surface area contributed by atoms with Crippen molar-refractivity contribution in [2.75, 3.05) is 0 Å². The number of thioether (sulfide) groups is 2. The lowest BCUT2D eigenvalue weighted by atomic mass is 10.2. The fourth-order valence-electron chi connectivity index (χ4n) is 1.47. The summed E-state index contributed by atoms with van der Waals surface area (Å²) in [5.41, 5.74) is 2.65. The van der Waals surface area contributed by atoms with Crippen molar-refractivity contribution in [2.24, 2.45) is 0 Å². The molecule has 0 radical (unpaired) electrons. The highest BCUT2D eigenvalue weighted by Gasteiger charge is 2.01. The minimum atomic E-state index is 0.960. The van der Waals surface area contributed by atoms with Gasteiger partial charge in [-0.25, -0.2) is 0 Å². The molecule has 0 amide bonds. The maximum Gasteiger partial charge on any atom is 0.104 e. The molecule has 0 atom stereocenters. The number of thiocarbonyl (C=S) groups is 1. The van der Waals surface area contributed by atoms with E-state index < -0.39 is 0 Å². The van der Waals surface area contributed by atoms with Gasteiger partial charge in [0.15, 0.2) is 0 Å². The van der Waals surface area contributed by atoms with Crippen LogP contribution >= 0.6 is 35.7 Å². The Morgan fingerprint density at radius 1 is 0.722 bits per heavy atom. The average molecular weight is 290 g/mol. The number of hydrogen-bond acceptors (Lipinski definition) is 3. The molecule has 92 valence electrons. The number of rotatable bonds is 4. The van der Waals surface area contributed by atoms with Gasteiger partial charge in [0.2, 0.25) is 0 Å². The molecule has 0 N–H and O–H groups in total. The van der Waals surface area contributed by atoms with E-state index in [4.69, 9.17) is 12.2 Å². The molecule has 0 aliphatic carbocycles. The van der Waals surface area contributed by atoms with Crippen LogP contribution in [0.5, 0.6) is 0 Å². The van der Waals surface area contributed by atoms with Gasteiger partial charge in [0.1, 0.15) is 3.53 Å². The van der Waals surface area contributed by atoms with Gasteiger partial charge < -0.3 is 0 Å². The quantitative estimate of drug-likeness (QED) is 0.716. The van der Waals surface area contributed by atoms with E-state index >= 15 is 0 Å². The molecule has 0 unspecified atom stereocenters. The SMILES string of the molecule is S=C(SCc1ccccc1)SCc1ccccc1. The first-order valence-corrected chi connectivity index (χ1v) is 8.10. The average Bonchev–Trinajstić information content (AvgIpc) is 2.45. The van der Waals surface area contributed by atoms with E-state index in [1.165, 1.54) is 11.1 Å². The highest BCUT2D eigenvalue weighted by molar-refractivity contribution is 8.46. The smallest absolute Gasteiger partial charge is 0.103 e. The van der Waals surface area contributed by atoms with Crippen LogP contribution in [-0.4, -0.2) is 3.53 Å². The molecule has 0 nitrogen and oxygen atoms in total. The number of benzene rings is 2. The topological polar surface area (TPSA) is 0 Å². The Morgan fingerprint density at radius 3 is 1.50 bits per heavy atom. The third kappa shape index (κ3) is 4.84. The molecule has 0 bridgehead atoms. The van der Waals surface area contributed by atoms with E-state index in [-0.39, 0.29) is 0 Å². The molecule has 0 saturated carbocycles. The Kier molecular flexibility index (Phi) is 5.78. The fourth-order valence-corrected chi connectivity index (χ4v) is 3.47. The summed E-state index contributed by atoms with van der Waals surface area (Å²) in [6.45, 7) is 0. The lowest BCUT2D eigenvalue weighted by molar-refractivity contribution is 1.42. The molecule has 0 saturated heterocycles. The second kappa shape index (κ2) is 7.62. The zero-order valence-corrected chi connectivity index (χ0v) is 12.4. The molecule has 0 aliphatic heterocycles. The third-order valence-electron chi connectivity index (χ3n) is 2.40. The molecular formula is C15H14S3. The molecule has 0 spiro atoms. The first-order valence-electron chi connectivity index (χ1n) is 5.72. The Bertz CT molecular complexity index is 434. The van der Waals surface area contributed by atoms with E-state index in [2.05, 4.69) is 48.5 Å². The molecular weight excluding hydrogens is 276 g/mol. The van der Waals surface area contributed by atoms with E-state index in [0.29, 0.717) is 0 Å². The highest BCUT2D eigenvalue weighted by atomic mass is 32.2. The molecule has 0 heterocycles. The van der Waals surface area contributed by atoms with E-state index in [1.807, 2.05) is 12.1 Å². The van der Waals surface area contributed by atoms with Gasteiger partial charge in [0, 0.05) is 11.5 Å². The van der Waals surface area contributed by atoms with Crippen molar-refractivity contribution in [2.45, 2.75) is 11.5 Å². The van der Waals surface area contributed by atoms with Crippen LogP contribution in [0.2, 0.25) is 0 Å². The summed E-state index contributed by atoms with van der Waals surface area (Å²) >= 11 is 8.86. The van der Waals surface area contributed by atoms with Gasteiger partial charge in [-0.05, 0) is 11.1 Å². The summed E-state index contributed by atoms with van der Waals surface area (Å²) in [7, 11) is 0. The van der Waals surface area contributed by atoms with Crippen molar-refractivity contribution < 1.29 is 0 Å². The van der Waals surface area contributed by atoms with Crippen molar-refractivity contribution in [1.29, 1.82) is 0 Å². The van der Waals surface area contributed by atoms with Crippen LogP contribution in [-0.2, 0) is 11.5 Å². The van der Waals surface area contributed by atoms with Crippen LogP contribution in [0.25, 0.3) is 0 Å². The van der Waals surface area contributed by atoms with Gasteiger partial charge in [-0.1, -0.05) is 72.9 Å². The molecule has 0 aromatic heterocycles. The summed E-state index contributed by atoms with van der Waals surface area (Å²) in [6.07, 6.45) is 0. The first kappa shape index (κ1) is 13.7. The Balaban J connectivity index is 1.73. The zero-order valence-electron chi connectivity index (χ0n) is 9.91. The first-order chi connectivity index (χ1) is 8.84. The van der Waals surface area contributed by atoms with Crippen molar-refractivity contribution in [3.05, 3.63) is 71.8 Å². The van der Waals surface area contributed by atoms with Gasteiger partial charge in [0.05, 0.1) is 0 Å². The summed E-state index contributed by atoms with van der Waals surface area (Å²) < 4.78 is 1.02. The zero-order chi connectivity index (χ0) is 12.6. The third-order valence-corrected chi connectivity index (χ3v) is 5.24. The number of hydrogen-bond donors (Lipinski definition) is 0. The Labute approximate surface area is 122 Å². The Morgan fingerprint density at radius 2 is 1.11 bits per heavy atom. The van der Waals surface area contributed by atoms with Crippen LogP contribution in [0.15, 0.2) is 60.7 Å². The summed E-state index contributed by atoms with van der Waals surface area (Å²) in [4.78, 5) is 0. The second-order valence-electron chi connectivity index (χ2n) is 3.80. The van der Waals surface area contributed by atoms with E-state index in [0.717, 1.165) is 15.0 Å². The minimum absolute atomic E-state index is 0.960. The van der Waals surface area contributed by atoms with Gasteiger partial charge in [-0.3, -0.25) is 0 Å². The lowest BCUT2D eigenvalue weighted by Gasteiger charge is -2.04. The molecule has 0 aliphatic rings. The molecule has 3 heteroatoms. The normalized spacial score (nSPS) is 10.2. The lowest BCUT2D eigenvalue weighted by Crippen LogP contribution is -1.86. The molecule has 0 fully saturated rings. The van der Waals surface area contributed by atoms with Gasteiger partial charge >= 0.3 is 0 Å². The van der Waals surface area contributed by atoms with E-state index in [9.17, 15) is 0 Å². The van der Waals surface area contributed by atoms with Crippen molar-refractivity contribution in [3.63, 3.8) is 0 Å².